The molecule has 0 fully saturated rings. The Kier molecular flexibility index (Phi) is 18.0. The Bertz CT molecular complexity index is 435. The summed E-state index contributed by atoms with van der Waals surface area (Å²) in [6.45, 7) is 17.2. The molecular formula is C24H46O8. The lowest BCUT2D eigenvalue weighted by molar-refractivity contribution is -0.128. The molecule has 0 aliphatic heterocycles. The van der Waals surface area contributed by atoms with Crippen molar-refractivity contribution in [1.29, 1.82) is 0 Å². The van der Waals surface area contributed by atoms with E-state index in [1.54, 1.807) is 0 Å². The Labute approximate surface area is 194 Å². The molecule has 190 valence electrons. The van der Waals surface area contributed by atoms with Crippen LogP contribution in [0.1, 0.15) is 54.4 Å². The Morgan fingerprint density at radius 3 is 0.781 bits per heavy atom. The van der Waals surface area contributed by atoms with Crippen molar-refractivity contribution in [3.05, 3.63) is 0 Å². The fourth-order valence-electron chi connectivity index (χ4n) is 2.28. The van der Waals surface area contributed by atoms with E-state index in [4.69, 9.17) is 28.4 Å². The largest absolute Gasteiger partial charge is 0.379 e. The zero-order valence-corrected chi connectivity index (χ0v) is 21.2. The maximum atomic E-state index is 11.7. The summed E-state index contributed by atoms with van der Waals surface area (Å²) >= 11 is 0. The summed E-state index contributed by atoms with van der Waals surface area (Å²) in [6, 6.07) is 0. The van der Waals surface area contributed by atoms with Gasteiger partial charge in [0, 0.05) is 23.7 Å². The van der Waals surface area contributed by atoms with Crippen LogP contribution in [0.5, 0.6) is 0 Å². The van der Waals surface area contributed by atoms with E-state index in [2.05, 4.69) is 0 Å². The minimum absolute atomic E-state index is 0.204. The van der Waals surface area contributed by atoms with Crippen LogP contribution in [0.3, 0.4) is 0 Å². The highest BCUT2D eigenvalue weighted by Crippen LogP contribution is 2.17. The van der Waals surface area contributed by atoms with Gasteiger partial charge in [0.15, 0.2) is 0 Å². The Balaban J connectivity index is 3.20. The predicted molar refractivity (Wildman–Crippen MR) is 123 cm³/mol. The van der Waals surface area contributed by atoms with Crippen molar-refractivity contribution in [1.82, 2.24) is 0 Å². The van der Waals surface area contributed by atoms with E-state index in [1.165, 1.54) is 0 Å². The van der Waals surface area contributed by atoms with Crippen molar-refractivity contribution >= 4 is 11.6 Å². The van der Waals surface area contributed by atoms with Gasteiger partial charge in [-0.3, -0.25) is 9.59 Å². The van der Waals surface area contributed by atoms with E-state index in [-0.39, 0.29) is 22.4 Å². The number of ketones is 2. The van der Waals surface area contributed by atoms with E-state index >= 15 is 0 Å². The van der Waals surface area contributed by atoms with Gasteiger partial charge in [-0.05, 0) is 0 Å². The van der Waals surface area contributed by atoms with E-state index in [9.17, 15) is 9.59 Å². The first-order valence-electron chi connectivity index (χ1n) is 11.6. The van der Waals surface area contributed by atoms with Gasteiger partial charge in [0.05, 0.1) is 79.3 Å². The van der Waals surface area contributed by atoms with Crippen molar-refractivity contribution in [3.8, 4) is 0 Å². The second-order valence-corrected chi connectivity index (χ2v) is 9.52. The van der Waals surface area contributed by atoms with Crippen molar-refractivity contribution in [2.24, 2.45) is 10.8 Å². The summed E-state index contributed by atoms with van der Waals surface area (Å²) < 4.78 is 32.5. The van der Waals surface area contributed by atoms with Crippen molar-refractivity contribution in [2.75, 3.05) is 79.3 Å². The first-order chi connectivity index (χ1) is 15.0. The second kappa shape index (κ2) is 18.5. The standard InChI is InChI=1S/C24H46O8/c1-23(2,3)21(25)7-9-27-11-13-29-15-17-31-19-20-32-18-16-30-14-12-28-10-8-22(26)24(4,5)6/h7-20H2,1-6H3. The van der Waals surface area contributed by atoms with Crippen LogP contribution >= 0.6 is 0 Å². The van der Waals surface area contributed by atoms with Gasteiger partial charge < -0.3 is 28.4 Å². The Morgan fingerprint density at radius 2 is 0.594 bits per heavy atom. The molecule has 0 saturated carbocycles. The summed E-state index contributed by atoms with van der Waals surface area (Å²) in [6.07, 6.45) is 0.872. The van der Waals surface area contributed by atoms with Gasteiger partial charge in [0.2, 0.25) is 0 Å². The Morgan fingerprint density at radius 1 is 0.406 bits per heavy atom. The van der Waals surface area contributed by atoms with Gasteiger partial charge in [-0.15, -0.1) is 0 Å². The van der Waals surface area contributed by atoms with Crippen molar-refractivity contribution in [3.63, 3.8) is 0 Å². The minimum Gasteiger partial charge on any atom is -0.379 e. The first-order valence-corrected chi connectivity index (χ1v) is 11.6. The minimum atomic E-state index is -0.307. The quantitative estimate of drug-likeness (QED) is 0.240. The average molecular weight is 463 g/mol. The highest BCUT2D eigenvalue weighted by atomic mass is 16.6. The van der Waals surface area contributed by atoms with Gasteiger partial charge in [0.25, 0.3) is 0 Å². The van der Waals surface area contributed by atoms with Crippen LogP contribution in [0.4, 0.5) is 0 Å². The van der Waals surface area contributed by atoms with Gasteiger partial charge in [-0.1, -0.05) is 41.5 Å². The molecule has 0 aromatic heterocycles. The fraction of sp³-hybridized carbons (Fsp3) is 0.917. The summed E-state index contributed by atoms with van der Waals surface area (Å²) in [5.74, 6) is 0.408. The van der Waals surface area contributed by atoms with Crippen LogP contribution in [0.25, 0.3) is 0 Å². The van der Waals surface area contributed by atoms with Crippen LogP contribution < -0.4 is 0 Å². The molecule has 0 amide bonds. The highest BCUT2D eigenvalue weighted by molar-refractivity contribution is 5.84. The predicted octanol–water partition coefficient (Wildman–Crippen LogP) is 3.10. The number of Topliss-reactive ketones (excluding diaryl/α,β-unsaturated/α-hetero) is 2. The lowest BCUT2D eigenvalue weighted by atomic mass is 9.89. The Hall–Kier alpha value is -0.900. The molecule has 0 rings (SSSR count). The molecule has 0 atom stereocenters. The molecule has 8 nitrogen and oxygen atoms in total. The van der Waals surface area contributed by atoms with Crippen LogP contribution in [0.2, 0.25) is 0 Å². The molecule has 32 heavy (non-hydrogen) atoms. The maximum Gasteiger partial charge on any atom is 0.140 e. The number of ether oxygens (including phenoxy) is 6. The number of hydrogen-bond donors (Lipinski definition) is 0. The molecule has 0 aliphatic carbocycles. The van der Waals surface area contributed by atoms with Gasteiger partial charge in [-0.2, -0.15) is 0 Å². The molecule has 0 aromatic rings. The van der Waals surface area contributed by atoms with Crippen LogP contribution in [0.15, 0.2) is 0 Å². The molecule has 0 aliphatic rings. The highest BCUT2D eigenvalue weighted by Gasteiger charge is 2.20. The zero-order valence-electron chi connectivity index (χ0n) is 21.2. The molecule has 0 bridgehead atoms. The zero-order chi connectivity index (χ0) is 24.3. The monoisotopic (exact) mass is 462 g/mol. The topological polar surface area (TPSA) is 89.5 Å². The second-order valence-electron chi connectivity index (χ2n) is 9.52. The van der Waals surface area contributed by atoms with Gasteiger partial charge in [-0.25, -0.2) is 0 Å². The molecule has 0 saturated heterocycles. The lowest BCUT2D eigenvalue weighted by Gasteiger charge is -2.16. The molecule has 0 unspecified atom stereocenters. The molecule has 0 N–H and O–H groups in total. The van der Waals surface area contributed by atoms with Gasteiger partial charge >= 0.3 is 0 Å². The first kappa shape index (κ1) is 31.1. The summed E-state index contributed by atoms with van der Waals surface area (Å²) in [4.78, 5) is 23.5. The number of carbonyl (C=O) groups is 2. The molecule has 0 spiro atoms. The molecule has 0 heterocycles. The van der Waals surface area contributed by atoms with E-state index in [0.29, 0.717) is 92.1 Å². The van der Waals surface area contributed by atoms with E-state index in [1.807, 2.05) is 41.5 Å². The third-order valence-electron chi connectivity index (χ3n) is 4.48. The van der Waals surface area contributed by atoms with Crippen molar-refractivity contribution in [2.45, 2.75) is 54.4 Å². The number of rotatable bonds is 21. The van der Waals surface area contributed by atoms with E-state index < -0.39 is 0 Å². The van der Waals surface area contributed by atoms with Crippen LogP contribution in [-0.4, -0.2) is 90.8 Å². The number of carbonyl (C=O) groups excluding carboxylic acids is 2. The third kappa shape index (κ3) is 19.8. The summed E-state index contributed by atoms with van der Waals surface area (Å²) in [5, 5.41) is 0. The van der Waals surface area contributed by atoms with Crippen molar-refractivity contribution < 1.29 is 38.0 Å². The molecule has 8 heteroatoms. The normalized spacial score (nSPS) is 12.3. The van der Waals surface area contributed by atoms with E-state index in [0.717, 1.165) is 0 Å². The lowest BCUT2D eigenvalue weighted by Crippen LogP contribution is -2.22. The third-order valence-corrected chi connectivity index (χ3v) is 4.48. The number of hydrogen-bond acceptors (Lipinski definition) is 8. The fourth-order valence-corrected chi connectivity index (χ4v) is 2.28. The summed E-state index contributed by atoms with van der Waals surface area (Å²) in [5.41, 5.74) is -0.615. The smallest absolute Gasteiger partial charge is 0.140 e. The maximum absolute atomic E-state index is 11.7. The van der Waals surface area contributed by atoms with Crippen LogP contribution in [0, 0.1) is 10.8 Å². The summed E-state index contributed by atoms with van der Waals surface area (Å²) in [7, 11) is 0. The molecular weight excluding hydrogens is 416 g/mol. The SMILES string of the molecule is CC(C)(C)C(=O)CCOCCOCCOCCOCCOCCOCCC(=O)C(C)(C)C. The average Bonchev–Trinajstić information content (AvgIpc) is 2.70. The van der Waals surface area contributed by atoms with Gasteiger partial charge in [0.1, 0.15) is 11.6 Å². The molecule has 0 radical (unpaired) electrons. The van der Waals surface area contributed by atoms with Crippen LogP contribution in [-0.2, 0) is 38.0 Å². The molecule has 0 aromatic carbocycles.